The van der Waals surface area contributed by atoms with Gasteiger partial charge in [0.05, 0.1) is 18.8 Å². The SMILES string of the molecule is CC(C)C1CC(NC(CO)c2ccccc2)CCO1. The van der Waals surface area contributed by atoms with E-state index in [4.69, 9.17) is 4.74 Å². The average molecular weight is 263 g/mol. The number of aliphatic hydroxyl groups excluding tert-OH is 1. The first-order valence-electron chi connectivity index (χ1n) is 7.24. The molecule has 0 radical (unpaired) electrons. The van der Waals surface area contributed by atoms with Crippen molar-refractivity contribution < 1.29 is 9.84 Å². The van der Waals surface area contributed by atoms with E-state index in [0.29, 0.717) is 18.1 Å². The van der Waals surface area contributed by atoms with Crippen LogP contribution in [0.25, 0.3) is 0 Å². The monoisotopic (exact) mass is 263 g/mol. The molecule has 0 spiro atoms. The van der Waals surface area contributed by atoms with Gasteiger partial charge < -0.3 is 15.2 Å². The highest BCUT2D eigenvalue weighted by Crippen LogP contribution is 2.22. The summed E-state index contributed by atoms with van der Waals surface area (Å²) < 4.78 is 5.79. The van der Waals surface area contributed by atoms with Crippen molar-refractivity contribution in [1.82, 2.24) is 5.32 Å². The van der Waals surface area contributed by atoms with Gasteiger partial charge in [0, 0.05) is 12.6 Å². The molecular formula is C16H25NO2. The van der Waals surface area contributed by atoms with Gasteiger partial charge in [-0.05, 0) is 24.3 Å². The molecule has 0 bridgehead atoms. The summed E-state index contributed by atoms with van der Waals surface area (Å²) >= 11 is 0. The zero-order chi connectivity index (χ0) is 13.7. The van der Waals surface area contributed by atoms with Crippen LogP contribution in [0.15, 0.2) is 30.3 Å². The molecule has 1 aliphatic rings. The molecule has 1 heterocycles. The highest BCUT2D eigenvalue weighted by Gasteiger charge is 2.26. The third-order valence-electron chi connectivity index (χ3n) is 3.88. The lowest BCUT2D eigenvalue weighted by Crippen LogP contribution is -2.43. The fourth-order valence-corrected chi connectivity index (χ4v) is 2.67. The van der Waals surface area contributed by atoms with Crippen LogP contribution in [-0.4, -0.2) is 30.5 Å². The summed E-state index contributed by atoms with van der Waals surface area (Å²) in [5, 5.41) is 13.2. The second-order valence-corrected chi connectivity index (χ2v) is 5.69. The molecule has 3 unspecified atom stereocenters. The number of ether oxygens (including phenoxy) is 1. The van der Waals surface area contributed by atoms with Crippen molar-refractivity contribution in [3.63, 3.8) is 0 Å². The second-order valence-electron chi connectivity index (χ2n) is 5.69. The maximum absolute atomic E-state index is 9.59. The molecule has 1 fully saturated rings. The first-order valence-corrected chi connectivity index (χ1v) is 7.24. The van der Waals surface area contributed by atoms with Crippen LogP contribution in [-0.2, 0) is 4.74 Å². The fraction of sp³-hybridized carbons (Fsp3) is 0.625. The van der Waals surface area contributed by atoms with Gasteiger partial charge in [-0.3, -0.25) is 0 Å². The highest BCUT2D eigenvalue weighted by atomic mass is 16.5. The molecular weight excluding hydrogens is 238 g/mol. The molecule has 3 atom stereocenters. The van der Waals surface area contributed by atoms with Gasteiger partial charge >= 0.3 is 0 Å². The smallest absolute Gasteiger partial charge is 0.0626 e. The number of rotatable bonds is 5. The molecule has 1 aromatic carbocycles. The van der Waals surface area contributed by atoms with Gasteiger partial charge in [0.15, 0.2) is 0 Å². The maximum atomic E-state index is 9.59. The Kier molecular flexibility index (Phi) is 5.37. The fourth-order valence-electron chi connectivity index (χ4n) is 2.67. The predicted molar refractivity (Wildman–Crippen MR) is 77.0 cm³/mol. The van der Waals surface area contributed by atoms with Crippen LogP contribution in [0.2, 0.25) is 0 Å². The number of hydrogen-bond acceptors (Lipinski definition) is 3. The van der Waals surface area contributed by atoms with Gasteiger partial charge in [-0.25, -0.2) is 0 Å². The summed E-state index contributed by atoms with van der Waals surface area (Å²) in [6.07, 6.45) is 2.38. The average Bonchev–Trinajstić information content (AvgIpc) is 2.46. The minimum atomic E-state index is 0.0251. The van der Waals surface area contributed by atoms with E-state index in [2.05, 4.69) is 31.3 Å². The molecule has 1 aliphatic heterocycles. The van der Waals surface area contributed by atoms with E-state index in [1.807, 2.05) is 18.2 Å². The van der Waals surface area contributed by atoms with Gasteiger partial charge in [-0.15, -0.1) is 0 Å². The van der Waals surface area contributed by atoms with Crippen molar-refractivity contribution in [3.05, 3.63) is 35.9 Å². The lowest BCUT2D eigenvalue weighted by Gasteiger charge is -2.34. The Hall–Kier alpha value is -0.900. The number of aliphatic hydroxyl groups is 1. The summed E-state index contributed by atoms with van der Waals surface area (Å²) in [7, 11) is 0. The Morgan fingerprint density at radius 3 is 2.68 bits per heavy atom. The Morgan fingerprint density at radius 1 is 1.32 bits per heavy atom. The van der Waals surface area contributed by atoms with Crippen LogP contribution < -0.4 is 5.32 Å². The summed E-state index contributed by atoms with van der Waals surface area (Å²) in [5.41, 5.74) is 1.15. The van der Waals surface area contributed by atoms with E-state index in [-0.39, 0.29) is 12.6 Å². The molecule has 3 heteroatoms. The topological polar surface area (TPSA) is 41.5 Å². The number of benzene rings is 1. The molecule has 0 amide bonds. The van der Waals surface area contributed by atoms with Gasteiger partial charge in [0.25, 0.3) is 0 Å². The van der Waals surface area contributed by atoms with Crippen LogP contribution in [0.5, 0.6) is 0 Å². The second kappa shape index (κ2) is 7.04. The van der Waals surface area contributed by atoms with Gasteiger partial charge in [0.1, 0.15) is 0 Å². The Morgan fingerprint density at radius 2 is 2.05 bits per heavy atom. The number of nitrogens with one attached hydrogen (secondary N) is 1. The molecule has 3 nitrogen and oxygen atoms in total. The largest absolute Gasteiger partial charge is 0.394 e. The van der Waals surface area contributed by atoms with Gasteiger partial charge in [0.2, 0.25) is 0 Å². The van der Waals surface area contributed by atoms with Gasteiger partial charge in [-0.1, -0.05) is 44.2 Å². The van der Waals surface area contributed by atoms with Crippen molar-refractivity contribution in [2.24, 2.45) is 5.92 Å². The maximum Gasteiger partial charge on any atom is 0.0626 e. The van der Waals surface area contributed by atoms with E-state index in [0.717, 1.165) is 25.0 Å². The Balaban J connectivity index is 1.95. The molecule has 1 saturated heterocycles. The first-order chi connectivity index (χ1) is 9.20. The minimum absolute atomic E-state index is 0.0251. The lowest BCUT2D eigenvalue weighted by atomic mass is 9.94. The predicted octanol–water partition coefficient (Wildman–Crippen LogP) is 2.51. The third-order valence-corrected chi connectivity index (χ3v) is 3.88. The molecule has 0 saturated carbocycles. The van der Waals surface area contributed by atoms with Crippen molar-refractivity contribution in [3.8, 4) is 0 Å². The molecule has 0 aromatic heterocycles. The van der Waals surface area contributed by atoms with E-state index in [9.17, 15) is 5.11 Å². The van der Waals surface area contributed by atoms with Crippen LogP contribution >= 0.6 is 0 Å². The quantitative estimate of drug-likeness (QED) is 0.857. The van der Waals surface area contributed by atoms with Gasteiger partial charge in [-0.2, -0.15) is 0 Å². The molecule has 2 rings (SSSR count). The van der Waals surface area contributed by atoms with E-state index >= 15 is 0 Å². The van der Waals surface area contributed by atoms with Crippen molar-refractivity contribution >= 4 is 0 Å². The molecule has 106 valence electrons. The molecule has 0 aliphatic carbocycles. The zero-order valence-electron chi connectivity index (χ0n) is 11.9. The van der Waals surface area contributed by atoms with E-state index < -0.39 is 0 Å². The van der Waals surface area contributed by atoms with E-state index in [1.54, 1.807) is 0 Å². The summed E-state index contributed by atoms with van der Waals surface area (Å²) in [6, 6.07) is 10.6. The normalized spacial score (nSPS) is 25.5. The molecule has 1 aromatic rings. The summed E-state index contributed by atoms with van der Waals surface area (Å²) in [6.45, 7) is 5.35. The summed E-state index contributed by atoms with van der Waals surface area (Å²) in [5.74, 6) is 0.550. The molecule has 2 N–H and O–H groups in total. The third kappa shape index (κ3) is 4.03. The van der Waals surface area contributed by atoms with Crippen LogP contribution in [0, 0.1) is 5.92 Å². The molecule has 19 heavy (non-hydrogen) atoms. The lowest BCUT2D eigenvalue weighted by molar-refractivity contribution is -0.0269. The van der Waals surface area contributed by atoms with Crippen LogP contribution in [0.1, 0.15) is 38.3 Å². The van der Waals surface area contributed by atoms with Crippen molar-refractivity contribution in [2.75, 3.05) is 13.2 Å². The summed E-state index contributed by atoms with van der Waals surface area (Å²) in [4.78, 5) is 0. The number of hydrogen-bond donors (Lipinski definition) is 2. The van der Waals surface area contributed by atoms with Crippen LogP contribution in [0.3, 0.4) is 0 Å². The van der Waals surface area contributed by atoms with E-state index in [1.165, 1.54) is 0 Å². The highest BCUT2D eigenvalue weighted by molar-refractivity contribution is 5.19. The Labute approximate surface area is 116 Å². The Bertz CT molecular complexity index is 366. The first kappa shape index (κ1) is 14.5. The standard InChI is InChI=1S/C16H25NO2/c1-12(2)16-10-14(8-9-19-16)17-15(11-18)13-6-4-3-5-7-13/h3-7,12,14-18H,8-11H2,1-2H3. The van der Waals surface area contributed by atoms with Crippen molar-refractivity contribution in [1.29, 1.82) is 0 Å². The van der Waals surface area contributed by atoms with Crippen LogP contribution in [0.4, 0.5) is 0 Å². The minimum Gasteiger partial charge on any atom is -0.394 e. The zero-order valence-corrected chi connectivity index (χ0v) is 11.9. The van der Waals surface area contributed by atoms with Crippen molar-refractivity contribution in [2.45, 2.75) is 44.9 Å².